The lowest BCUT2D eigenvalue weighted by Gasteiger charge is -2.24. The van der Waals surface area contributed by atoms with E-state index in [0.717, 1.165) is 36.6 Å². The fraction of sp³-hybridized carbons (Fsp3) is 0.615. The zero-order valence-electron chi connectivity index (χ0n) is 11.4. The van der Waals surface area contributed by atoms with Crippen LogP contribution < -0.4 is 15.5 Å². The predicted molar refractivity (Wildman–Crippen MR) is 76.8 cm³/mol. The molecule has 3 rings (SSSR count). The van der Waals surface area contributed by atoms with Gasteiger partial charge in [-0.25, -0.2) is 4.98 Å². The van der Waals surface area contributed by atoms with Crippen molar-refractivity contribution in [3.63, 3.8) is 0 Å². The smallest absolute Gasteiger partial charge is 0.246 e. The molecule has 1 aromatic heterocycles. The highest BCUT2D eigenvalue weighted by atomic mass is 32.1. The average Bonchev–Trinajstić information content (AvgIpc) is 2.83. The molecule has 1 aliphatic heterocycles. The van der Waals surface area contributed by atoms with Crippen LogP contribution in [0.5, 0.6) is 0 Å². The van der Waals surface area contributed by atoms with Crippen molar-refractivity contribution in [2.45, 2.75) is 32.2 Å². The van der Waals surface area contributed by atoms with Crippen LogP contribution in [0.4, 0.5) is 5.13 Å². The maximum atomic E-state index is 11.5. The Morgan fingerprint density at radius 3 is 2.85 bits per heavy atom. The van der Waals surface area contributed by atoms with Crippen LogP contribution in [0.1, 0.15) is 36.4 Å². The van der Waals surface area contributed by atoms with Crippen LogP contribution in [-0.2, 0) is 16.0 Å². The highest BCUT2D eigenvalue weighted by Gasteiger charge is 2.29. The molecule has 1 saturated heterocycles. The predicted octanol–water partition coefficient (Wildman–Crippen LogP) is 0.593. The molecule has 0 bridgehead atoms. The number of aromatic nitrogens is 1. The van der Waals surface area contributed by atoms with Gasteiger partial charge >= 0.3 is 0 Å². The molecule has 0 spiro atoms. The summed E-state index contributed by atoms with van der Waals surface area (Å²) in [5.74, 6) is -0.504. The van der Waals surface area contributed by atoms with Gasteiger partial charge in [0.2, 0.25) is 11.8 Å². The number of fused-ring (bicyclic) bond motifs is 1. The third kappa shape index (κ3) is 2.55. The first-order chi connectivity index (χ1) is 9.67. The minimum absolute atomic E-state index is 0.212. The summed E-state index contributed by atoms with van der Waals surface area (Å²) < 4.78 is 0. The van der Waals surface area contributed by atoms with Crippen LogP contribution in [0.15, 0.2) is 0 Å². The number of imide groups is 1. The van der Waals surface area contributed by atoms with Crippen LogP contribution in [0, 0.1) is 0 Å². The first-order valence-electron chi connectivity index (χ1n) is 6.98. The van der Waals surface area contributed by atoms with Crippen molar-refractivity contribution in [3.8, 4) is 0 Å². The monoisotopic (exact) mass is 294 g/mol. The molecule has 7 heteroatoms. The molecule has 2 heterocycles. The van der Waals surface area contributed by atoms with E-state index in [1.807, 2.05) is 0 Å². The van der Waals surface area contributed by atoms with E-state index in [9.17, 15) is 9.59 Å². The fourth-order valence-electron chi connectivity index (χ4n) is 2.76. The molecular weight excluding hydrogens is 276 g/mol. The molecule has 1 atom stereocenters. The number of hydrogen-bond acceptors (Lipinski definition) is 6. The first-order valence-corrected chi connectivity index (χ1v) is 7.79. The maximum absolute atomic E-state index is 11.5. The summed E-state index contributed by atoms with van der Waals surface area (Å²) in [6.45, 7) is 3.44. The van der Waals surface area contributed by atoms with Gasteiger partial charge in [0.15, 0.2) is 5.13 Å². The number of nitrogens with zero attached hydrogens (tertiary/aromatic N) is 2. The number of thiazole rings is 1. The fourth-order valence-corrected chi connectivity index (χ4v) is 3.92. The van der Waals surface area contributed by atoms with E-state index in [1.54, 1.807) is 16.2 Å². The Balaban J connectivity index is 1.85. The maximum Gasteiger partial charge on any atom is 0.246 e. The minimum atomic E-state index is -0.252. The number of piperazine rings is 1. The Kier molecular flexibility index (Phi) is 3.71. The van der Waals surface area contributed by atoms with Crippen molar-refractivity contribution in [2.24, 2.45) is 0 Å². The zero-order chi connectivity index (χ0) is 14.1. The highest BCUT2D eigenvalue weighted by Crippen LogP contribution is 2.36. The molecule has 0 aromatic carbocycles. The van der Waals surface area contributed by atoms with Crippen molar-refractivity contribution >= 4 is 28.3 Å². The number of anilines is 1. The molecule has 2 amide bonds. The van der Waals surface area contributed by atoms with Crippen LogP contribution in [0.2, 0.25) is 0 Å². The lowest BCUT2D eigenvalue weighted by Crippen LogP contribution is -2.51. The summed E-state index contributed by atoms with van der Waals surface area (Å²) in [7, 11) is 0. The van der Waals surface area contributed by atoms with Gasteiger partial charge < -0.3 is 10.2 Å². The number of nitrogens with one attached hydrogen (secondary N) is 2. The summed E-state index contributed by atoms with van der Waals surface area (Å²) in [6.07, 6.45) is 3.30. The Morgan fingerprint density at radius 1 is 1.40 bits per heavy atom. The summed E-state index contributed by atoms with van der Waals surface area (Å²) >= 11 is 1.62. The van der Waals surface area contributed by atoms with Crippen LogP contribution in [-0.4, -0.2) is 36.4 Å². The molecule has 6 nitrogen and oxygen atoms in total. The van der Waals surface area contributed by atoms with Gasteiger partial charge in [0, 0.05) is 4.88 Å². The van der Waals surface area contributed by atoms with Crippen molar-refractivity contribution in [3.05, 3.63) is 10.6 Å². The number of aryl methyl sites for hydroxylation is 1. The van der Waals surface area contributed by atoms with Crippen molar-refractivity contribution in [1.82, 2.24) is 15.6 Å². The number of carbonyl (C=O) groups excluding carboxylic acids is 2. The second-order valence-corrected chi connectivity index (χ2v) is 6.20. The summed E-state index contributed by atoms with van der Waals surface area (Å²) in [5.41, 5.74) is 1.11. The van der Waals surface area contributed by atoms with E-state index in [1.165, 1.54) is 4.88 Å². The molecule has 2 N–H and O–H groups in total. The molecule has 1 aliphatic carbocycles. The van der Waals surface area contributed by atoms with Crippen LogP contribution in [0.25, 0.3) is 0 Å². The largest absolute Gasteiger partial charge is 0.329 e. The van der Waals surface area contributed by atoms with Crippen LogP contribution >= 0.6 is 11.3 Å². The average molecular weight is 294 g/mol. The molecule has 0 saturated carbocycles. The Morgan fingerprint density at radius 2 is 2.15 bits per heavy atom. The SMILES string of the molecule is CCNC1CCCc2sc(N3CC(=O)NC(=O)C3)nc21. The molecule has 2 aliphatic rings. The third-order valence-electron chi connectivity index (χ3n) is 3.61. The topological polar surface area (TPSA) is 74.3 Å². The van der Waals surface area contributed by atoms with Gasteiger partial charge in [0.25, 0.3) is 0 Å². The summed E-state index contributed by atoms with van der Waals surface area (Å²) in [4.78, 5) is 30.7. The number of rotatable bonds is 3. The van der Waals surface area contributed by atoms with E-state index >= 15 is 0 Å². The van der Waals surface area contributed by atoms with E-state index < -0.39 is 0 Å². The van der Waals surface area contributed by atoms with Gasteiger partial charge in [-0.05, 0) is 25.8 Å². The second kappa shape index (κ2) is 5.49. The number of hydrogen-bond donors (Lipinski definition) is 2. The van der Waals surface area contributed by atoms with E-state index in [4.69, 9.17) is 4.98 Å². The second-order valence-electron chi connectivity index (χ2n) is 5.13. The van der Waals surface area contributed by atoms with Crippen LogP contribution in [0.3, 0.4) is 0 Å². The summed E-state index contributed by atoms with van der Waals surface area (Å²) in [5, 5.41) is 6.56. The molecule has 1 unspecified atom stereocenters. The van der Waals surface area contributed by atoms with Gasteiger partial charge in [-0.2, -0.15) is 0 Å². The highest BCUT2D eigenvalue weighted by molar-refractivity contribution is 7.15. The van der Waals surface area contributed by atoms with Gasteiger partial charge in [0.05, 0.1) is 11.7 Å². The quantitative estimate of drug-likeness (QED) is 0.798. The first kappa shape index (κ1) is 13.5. The molecule has 20 heavy (non-hydrogen) atoms. The Hall–Kier alpha value is -1.47. The lowest BCUT2D eigenvalue weighted by atomic mass is 9.98. The normalized spacial score (nSPS) is 22.6. The minimum Gasteiger partial charge on any atom is -0.329 e. The Labute approximate surface area is 121 Å². The Bertz CT molecular complexity index is 526. The van der Waals surface area contributed by atoms with Gasteiger partial charge in [-0.15, -0.1) is 11.3 Å². The van der Waals surface area contributed by atoms with Crippen molar-refractivity contribution in [2.75, 3.05) is 24.5 Å². The summed E-state index contributed by atoms with van der Waals surface area (Å²) in [6, 6.07) is 0.308. The van der Waals surface area contributed by atoms with Gasteiger partial charge in [-0.3, -0.25) is 14.9 Å². The zero-order valence-corrected chi connectivity index (χ0v) is 12.3. The lowest BCUT2D eigenvalue weighted by molar-refractivity contribution is -0.130. The molecule has 1 aromatic rings. The van der Waals surface area contributed by atoms with E-state index in [2.05, 4.69) is 17.6 Å². The van der Waals surface area contributed by atoms with Gasteiger partial charge in [0.1, 0.15) is 13.1 Å². The van der Waals surface area contributed by atoms with Crippen molar-refractivity contribution < 1.29 is 9.59 Å². The third-order valence-corrected chi connectivity index (χ3v) is 4.80. The van der Waals surface area contributed by atoms with E-state index in [0.29, 0.717) is 6.04 Å². The van der Waals surface area contributed by atoms with Crippen molar-refractivity contribution in [1.29, 1.82) is 0 Å². The molecule has 1 fully saturated rings. The number of amides is 2. The molecule has 108 valence electrons. The standard InChI is InChI=1S/C13H18N4O2S/c1-2-14-8-4-3-5-9-12(8)16-13(20-9)17-6-10(18)15-11(19)7-17/h8,14H,2-7H2,1H3,(H,15,18,19). The van der Waals surface area contributed by atoms with E-state index in [-0.39, 0.29) is 24.9 Å². The van der Waals surface area contributed by atoms with Gasteiger partial charge in [-0.1, -0.05) is 6.92 Å². The molecular formula is C13H18N4O2S. The number of carbonyl (C=O) groups is 2. The molecule has 0 radical (unpaired) electrons.